The molecule has 1 aromatic carbocycles. The Bertz CT molecular complexity index is 683. The van der Waals surface area contributed by atoms with Gasteiger partial charge in [-0.2, -0.15) is 0 Å². The van der Waals surface area contributed by atoms with Crippen LogP contribution in [0.2, 0.25) is 4.34 Å². The molecule has 2 amide bonds. The molecule has 122 valence electrons. The molecule has 5 nitrogen and oxygen atoms in total. The predicted octanol–water partition coefficient (Wildman–Crippen LogP) is 3.14. The van der Waals surface area contributed by atoms with Gasteiger partial charge in [0.25, 0.3) is 0 Å². The molecule has 2 heterocycles. The second kappa shape index (κ2) is 7.10. The number of anilines is 1. The third kappa shape index (κ3) is 4.09. The number of nitrogens with one attached hydrogen (secondary N) is 1. The van der Waals surface area contributed by atoms with E-state index in [9.17, 15) is 9.90 Å². The number of benzene rings is 1. The fraction of sp³-hybridized carbons (Fsp3) is 0.312. The highest BCUT2D eigenvalue weighted by atomic mass is 35.5. The molecule has 2 aromatic rings. The Morgan fingerprint density at radius 2 is 2.00 bits per heavy atom. The average Bonchev–Trinajstić information content (AvgIpc) is 2.98. The van der Waals surface area contributed by atoms with Gasteiger partial charge in [0.1, 0.15) is 5.75 Å². The van der Waals surface area contributed by atoms with Crippen molar-refractivity contribution >= 4 is 34.7 Å². The number of phenols is 1. The SMILES string of the molecule is O=C(NCc1ccc(Cl)s1)N1CCN(c2cccc(O)c2)CC1. The van der Waals surface area contributed by atoms with Crippen molar-refractivity contribution in [2.24, 2.45) is 0 Å². The fourth-order valence-electron chi connectivity index (χ4n) is 2.58. The molecule has 23 heavy (non-hydrogen) atoms. The van der Waals surface area contributed by atoms with Crippen LogP contribution in [0.4, 0.5) is 10.5 Å². The molecular formula is C16H18ClN3O2S. The molecule has 0 atom stereocenters. The van der Waals surface area contributed by atoms with Gasteiger partial charge in [0, 0.05) is 42.8 Å². The van der Waals surface area contributed by atoms with E-state index in [1.165, 1.54) is 11.3 Å². The lowest BCUT2D eigenvalue weighted by molar-refractivity contribution is 0.194. The Morgan fingerprint density at radius 3 is 2.65 bits per heavy atom. The van der Waals surface area contributed by atoms with Crippen LogP contribution in [0.3, 0.4) is 0 Å². The molecule has 0 unspecified atom stereocenters. The van der Waals surface area contributed by atoms with E-state index >= 15 is 0 Å². The highest BCUT2D eigenvalue weighted by Crippen LogP contribution is 2.22. The van der Waals surface area contributed by atoms with Gasteiger partial charge in [0.05, 0.1) is 10.9 Å². The van der Waals surface area contributed by atoms with E-state index in [2.05, 4.69) is 10.2 Å². The monoisotopic (exact) mass is 351 g/mol. The lowest BCUT2D eigenvalue weighted by Crippen LogP contribution is -2.51. The van der Waals surface area contributed by atoms with Crippen molar-refractivity contribution in [3.05, 3.63) is 45.6 Å². The van der Waals surface area contributed by atoms with Crippen molar-refractivity contribution < 1.29 is 9.90 Å². The summed E-state index contributed by atoms with van der Waals surface area (Å²) in [4.78, 5) is 17.2. The van der Waals surface area contributed by atoms with Gasteiger partial charge in [-0.1, -0.05) is 17.7 Å². The standard InChI is InChI=1S/C16H18ClN3O2S/c17-15-5-4-14(23-15)11-18-16(22)20-8-6-19(7-9-20)12-2-1-3-13(21)10-12/h1-5,10,21H,6-9,11H2,(H,18,22). The molecule has 2 N–H and O–H groups in total. The first-order valence-corrected chi connectivity index (χ1v) is 8.62. The van der Waals surface area contributed by atoms with Gasteiger partial charge in [0.15, 0.2) is 0 Å². The molecule has 1 aliphatic rings. The summed E-state index contributed by atoms with van der Waals surface area (Å²) in [6.45, 7) is 3.33. The van der Waals surface area contributed by atoms with Crippen LogP contribution in [-0.2, 0) is 6.54 Å². The molecule has 1 saturated heterocycles. The van der Waals surface area contributed by atoms with Crippen LogP contribution in [0, 0.1) is 0 Å². The second-order valence-electron chi connectivity index (χ2n) is 5.36. The van der Waals surface area contributed by atoms with Crippen LogP contribution in [0.15, 0.2) is 36.4 Å². The zero-order chi connectivity index (χ0) is 16.2. The number of carbonyl (C=O) groups is 1. The van der Waals surface area contributed by atoms with Crippen molar-refractivity contribution in [3.8, 4) is 5.75 Å². The number of hydrogen-bond acceptors (Lipinski definition) is 4. The van der Waals surface area contributed by atoms with Gasteiger partial charge in [0.2, 0.25) is 0 Å². The molecule has 0 spiro atoms. The smallest absolute Gasteiger partial charge is 0.317 e. The third-order valence-electron chi connectivity index (χ3n) is 3.80. The van der Waals surface area contributed by atoms with E-state index in [0.29, 0.717) is 19.6 Å². The Hall–Kier alpha value is -1.92. The van der Waals surface area contributed by atoms with E-state index in [1.54, 1.807) is 12.1 Å². The van der Waals surface area contributed by atoms with Crippen LogP contribution in [0.5, 0.6) is 5.75 Å². The summed E-state index contributed by atoms with van der Waals surface area (Å²) < 4.78 is 0.731. The van der Waals surface area contributed by atoms with E-state index < -0.39 is 0 Å². The van der Waals surface area contributed by atoms with Gasteiger partial charge < -0.3 is 20.2 Å². The minimum Gasteiger partial charge on any atom is -0.508 e. The number of phenolic OH excluding ortho intramolecular Hbond substituents is 1. The number of nitrogens with zero attached hydrogens (tertiary/aromatic N) is 2. The number of aromatic hydroxyl groups is 1. The summed E-state index contributed by atoms with van der Waals surface area (Å²) in [6.07, 6.45) is 0. The summed E-state index contributed by atoms with van der Waals surface area (Å²) in [5, 5.41) is 12.5. The highest BCUT2D eigenvalue weighted by Gasteiger charge is 2.21. The number of thiophene rings is 1. The van der Waals surface area contributed by atoms with E-state index in [-0.39, 0.29) is 11.8 Å². The number of amides is 2. The number of rotatable bonds is 3. The molecule has 1 aliphatic heterocycles. The summed E-state index contributed by atoms with van der Waals surface area (Å²) >= 11 is 7.36. The number of urea groups is 1. The van der Waals surface area contributed by atoms with E-state index in [4.69, 9.17) is 11.6 Å². The van der Waals surface area contributed by atoms with Crippen LogP contribution < -0.4 is 10.2 Å². The normalized spacial score (nSPS) is 14.8. The van der Waals surface area contributed by atoms with Crippen LogP contribution >= 0.6 is 22.9 Å². The third-order valence-corrected chi connectivity index (χ3v) is 5.04. The van der Waals surface area contributed by atoms with Gasteiger partial charge in [-0.3, -0.25) is 0 Å². The quantitative estimate of drug-likeness (QED) is 0.893. The van der Waals surface area contributed by atoms with Crippen LogP contribution in [0.25, 0.3) is 0 Å². The number of carbonyl (C=O) groups excluding carboxylic acids is 1. The second-order valence-corrected chi connectivity index (χ2v) is 7.16. The first kappa shape index (κ1) is 16.0. The molecule has 0 radical (unpaired) electrons. The number of halogens is 1. The maximum atomic E-state index is 12.2. The Labute approximate surface area is 144 Å². The number of piperazine rings is 1. The zero-order valence-corrected chi connectivity index (χ0v) is 14.1. The van der Waals surface area contributed by atoms with Gasteiger partial charge in [-0.25, -0.2) is 4.79 Å². The molecule has 0 aliphatic carbocycles. The minimum absolute atomic E-state index is 0.0509. The van der Waals surface area contributed by atoms with Crippen LogP contribution in [-0.4, -0.2) is 42.2 Å². The lowest BCUT2D eigenvalue weighted by atomic mass is 10.2. The summed E-state index contributed by atoms with van der Waals surface area (Å²) in [6, 6.07) is 10.9. The molecule has 7 heteroatoms. The Kier molecular flexibility index (Phi) is 4.93. The fourth-order valence-corrected chi connectivity index (χ4v) is 3.61. The van der Waals surface area contributed by atoms with Crippen molar-refractivity contribution in [1.29, 1.82) is 0 Å². The largest absolute Gasteiger partial charge is 0.508 e. The molecule has 3 rings (SSSR count). The topological polar surface area (TPSA) is 55.8 Å². The van der Waals surface area contributed by atoms with Gasteiger partial charge in [-0.05, 0) is 24.3 Å². The summed E-state index contributed by atoms with van der Waals surface area (Å²) in [5.41, 5.74) is 0.985. The summed E-state index contributed by atoms with van der Waals surface area (Å²) in [7, 11) is 0. The zero-order valence-electron chi connectivity index (χ0n) is 12.5. The highest BCUT2D eigenvalue weighted by molar-refractivity contribution is 7.16. The van der Waals surface area contributed by atoms with Crippen molar-refractivity contribution in [2.75, 3.05) is 31.1 Å². The lowest BCUT2D eigenvalue weighted by Gasteiger charge is -2.36. The first-order valence-electron chi connectivity index (χ1n) is 7.43. The first-order chi connectivity index (χ1) is 11.1. The minimum atomic E-state index is -0.0509. The van der Waals surface area contributed by atoms with Crippen molar-refractivity contribution in [2.45, 2.75) is 6.54 Å². The van der Waals surface area contributed by atoms with E-state index in [1.807, 2.05) is 29.2 Å². The van der Waals surface area contributed by atoms with Gasteiger partial charge >= 0.3 is 6.03 Å². The van der Waals surface area contributed by atoms with E-state index in [0.717, 1.165) is 28.0 Å². The summed E-state index contributed by atoms with van der Waals surface area (Å²) in [5.74, 6) is 0.261. The molecule has 1 aromatic heterocycles. The van der Waals surface area contributed by atoms with Crippen LogP contribution in [0.1, 0.15) is 4.88 Å². The molecular weight excluding hydrogens is 334 g/mol. The van der Waals surface area contributed by atoms with Crippen molar-refractivity contribution in [3.63, 3.8) is 0 Å². The predicted molar refractivity (Wildman–Crippen MR) is 93.5 cm³/mol. The Balaban J connectivity index is 1.49. The van der Waals surface area contributed by atoms with Crippen molar-refractivity contribution in [1.82, 2.24) is 10.2 Å². The molecule has 0 bridgehead atoms. The van der Waals surface area contributed by atoms with Gasteiger partial charge in [-0.15, -0.1) is 11.3 Å². The molecule has 1 fully saturated rings. The molecule has 0 saturated carbocycles. The maximum absolute atomic E-state index is 12.2. The maximum Gasteiger partial charge on any atom is 0.317 e. The Morgan fingerprint density at radius 1 is 1.22 bits per heavy atom. The number of hydrogen-bond donors (Lipinski definition) is 2. The average molecular weight is 352 g/mol.